The average Bonchev–Trinajstić information content (AvgIpc) is 3.53. The third-order valence-electron chi connectivity index (χ3n) is 5.17. The van der Waals surface area contributed by atoms with E-state index in [-0.39, 0.29) is 29.1 Å². The molecule has 10 nitrogen and oxygen atoms in total. The summed E-state index contributed by atoms with van der Waals surface area (Å²) >= 11 is 1.11. The smallest absolute Gasteiger partial charge is 0.284 e. The number of nitro groups is 1. The second-order valence-corrected chi connectivity index (χ2v) is 8.88. The lowest BCUT2D eigenvalue weighted by atomic mass is 10.1. The second kappa shape index (κ2) is 9.41. The number of aryl methyl sites for hydroxylation is 1. The maximum absolute atomic E-state index is 12.9. The monoisotopic (exact) mass is 466 g/mol. The van der Waals surface area contributed by atoms with Gasteiger partial charge >= 0.3 is 0 Å². The fourth-order valence-corrected chi connectivity index (χ4v) is 4.02. The Balaban J connectivity index is 1.45. The summed E-state index contributed by atoms with van der Waals surface area (Å²) in [5, 5.41) is 22.8. The molecule has 0 atom stereocenters. The van der Waals surface area contributed by atoms with E-state index >= 15 is 0 Å². The van der Waals surface area contributed by atoms with Gasteiger partial charge in [0, 0.05) is 43.9 Å². The van der Waals surface area contributed by atoms with Crippen LogP contribution in [0.4, 0.5) is 5.69 Å². The summed E-state index contributed by atoms with van der Waals surface area (Å²) in [7, 11) is 3.37. The van der Waals surface area contributed by atoms with E-state index in [9.17, 15) is 19.7 Å². The van der Waals surface area contributed by atoms with E-state index in [1.807, 2.05) is 0 Å². The number of hydrogen-bond acceptors (Lipinski definition) is 7. The molecule has 1 aliphatic rings. The van der Waals surface area contributed by atoms with Crippen molar-refractivity contribution in [1.29, 1.82) is 0 Å². The van der Waals surface area contributed by atoms with Gasteiger partial charge in [0.25, 0.3) is 17.5 Å². The number of rotatable bonds is 8. The second-order valence-electron chi connectivity index (χ2n) is 7.87. The minimum absolute atomic E-state index is 0.0972. The molecule has 0 saturated heterocycles. The van der Waals surface area contributed by atoms with Gasteiger partial charge < -0.3 is 14.8 Å². The number of nitrogens with one attached hydrogen (secondary N) is 1. The van der Waals surface area contributed by atoms with E-state index < -0.39 is 4.92 Å². The molecule has 1 aromatic heterocycles. The predicted molar refractivity (Wildman–Crippen MR) is 121 cm³/mol. The van der Waals surface area contributed by atoms with Crippen molar-refractivity contribution < 1.29 is 14.5 Å². The summed E-state index contributed by atoms with van der Waals surface area (Å²) in [5.41, 5.74) is 1.46. The third-order valence-corrected chi connectivity index (χ3v) is 6.29. The largest absolute Gasteiger partial charge is 0.349 e. The highest BCUT2D eigenvalue weighted by atomic mass is 32.2. The van der Waals surface area contributed by atoms with Crippen LogP contribution in [0.3, 0.4) is 0 Å². The molecule has 1 heterocycles. The first-order valence-electron chi connectivity index (χ1n) is 10.3. The highest BCUT2D eigenvalue weighted by Crippen LogP contribution is 2.34. The van der Waals surface area contributed by atoms with Gasteiger partial charge in [0.2, 0.25) is 0 Å². The molecule has 0 bridgehead atoms. The maximum Gasteiger partial charge on any atom is 0.284 e. The zero-order chi connectivity index (χ0) is 23.5. The van der Waals surface area contributed by atoms with Crippen LogP contribution in [-0.2, 0) is 13.6 Å². The molecular weight excluding hydrogens is 444 g/mol. The lowest BCUT2D eigenvalue weighted by Gasteiger charge is -2.18. The van der Waals surface area contributed by atoms with Crippen molar-refractivity contribution in [2.75, 3.05) is 7.05 Å². The van der Waals surface area contributed by atoms with Crippen LogP contribution >= 0.6 is 11.8 Å². The summed E-state index contributed by atoms with van der Waals surface area (Å²) in [5.74, 6) is -0.441. The normalized spacial score (nSPS) is 12.9. The number of benzene rings is 2. The van der Waals surface area contributed by atoms with E-state index in [0.717, 1.165) is 30.2 Å². The van der Waals surface area contributed by atoms with Gasteiger partial charge in [-0.1, -0.05) is 12.1 Å². The summed E-state index contributed by atoms with van der Waals surface area (Å²) in [4.78, 5) is 38.0. The molecule has 4 rings (SSSR count). The number of aromatic nitrogens is 3. The van der Waals surface area contributed by atoms with E-state index in [4.69, 9.17) is 0 Å². The minimum Gasteiger partial charge on any atom is -0.349 e. The Kier molecular flexibility index (Phi) is 6.40. The molecule has 0 radical (unpaired) electrons. The van der Waals surface area contributed by atoms with E-state index in [1.54, 1.807) is 55.1 Å². The van der Waals surface area contributed by atoms with Gasteiger partial charge in [-0.05, 0) is 54.4 Å². The predicted octanol–water partition coefficient (Wildman–Crippen LogP) is 3.04. The topological polar surface area (TPSA) is 123 Å². The Hall–Kier alpha value is -3.73. The minimum atomic E-state index is -0.513. The van der Waals surface area contributed by atoms with Crippen molar-refractivity contribution in [1.82, 2.24) is 25.0 Å². The summed E-state index contributed by atoms with van der Waals surface area (Å²) < 4.78 is 1.65. The van der Waals surface area contributed by atoms with Crippen LogP contribution in [0.1, 0.15) is 39.1 Å². The molecule has 0 aliphatic heterocycles. The molecule has 0 spiro atoms. The number of carbonyl (C=O) groups excluding carboxylic acids is 2. The molecule has 3 aromatic rings. The molecule has 1 aliphatic carbocycles. The molecule has 0 unspecified atom stereocenters. The highest BCUT2D eigenvalue weighted by molar-refractivity contribution is 7.99. The molecule has 11 heteroatoms. The molecule has 2 aromatic carbocycles. The Labute approximate surface area is 194 Å². The van der Waals surface area contributed by atoms with Crippen LogP contribution in [0.25, 0.3) is 0 Å². The van der Waals surface area contributed by atoms with Crippen molar-refractivity contribution in [2.45, 2.75) is 35.5 Å². The van der Waals surface area contributed by atoms with E-state index in [1.165, 1.54) is 17.3 Å². The van der Waals surface area contributed by atoms with Crippen LogP contribution in [0, 0.1) is 10.1 Å². The van der Waals surface area contributed by atoms with Gasteiger partial charge in [0.15, 0.2) is 5.16 Å². The summed E-state index contributed by atoms with van der Waals surface area (Å²) in [6, 6.07) is 11.7. The Morgan fingerprint density at radius 3 is 2.52 bits per heavy atom. The molecule has 33 heavy (non-hydrogen) atoms. The zero-order valence-electron chi connectivity index (χ0n) is 18.1. The molecule has 1 fully saturated rings. The number of carbonyl (C=O) groups is 2. The maximum atomic E-state index is 12.9. The van der Waals surface area contributed by atoms with Gasteiger partial charge in [-0.15, -0.1) is 10.2 Å². The fourth-order valence-electron chi connectivity index (χ4n) is 3.17. The van der Waals surface area contributed by atoms with E-state index in [2.05, 4.69) is 15.5 Å². The van der Waals surface area contributed by atoms with Crippen molar-refractivity contribution >= 4 is 29.3 Å². The van der Waals surface area contributed by atoms with Crippen LogP contribution < -0.4 is 5.32 Å². The molecule has 1 N–H and O–H groups in total. The van der Waals surface area contributed by atoms with Gasteiger partial charge in [0.05, 0.1) is 9.82 Å². The first-order chi connectivity index (χ1) is 15.8. The standard InChI is InChI=1S/C22H22N6O4S/c1-26(12-14-3-5-15(6-4-14)20(29)24-17-8-9-17)21(30)16-7-10-19(18(11-16)28(31)32)33-22-25-23-13-27(22)2/h3-7,10-11,13,17H,8-9,12H2,1-2H3,(H,24,29). The molecule has 1 saturated carbocycles. The molecule has 170 valence electrons. The highest BCUT2D eigenvalue weighted by Gasteiger charge is 2.24. The molecular formula is C22H22N6O4S. The summed E-state index contributed by atoms with van der Waals surface area (Å²) in [6.07, 6.45) is 3.55. The van der Waals surface area contributed by atoms with Gasteiger partial charge in [0.1, 0.15) is 6.33 Å². The first kappa shape index (κ1) is 22.5. The number of nitro benzene ring substituents is 1. The lowest BCUT2D eigenvalue weighted by molar-refractivity contribution is -0.387. The van der Waals surface area contributed by atoms with Gasteiger partial charge in [-0.2, -0.15) is 0 Å². The van der Waals surface area contributed by atoms with Crippen molar-refractivity contribution in [2.24, 2.45) is 7.05 Å². The SMILES string of the molecule is CN(Cc1ccc(C(=O)NC2CC2)cc1)C(=O)c1ccc(Sc2nncn2C)c([N+](=O)[O-])c1. The third kappa shape index (κ3) is 5.37. The Bertz CT molecular complexity index is 1210. The first-order valence-corrected chi connectivity index (χ1v) is 11.1. The zero-order valence-corrected chi connectivity index (χ0v) is 18.9. The summed E-state index contributed by atoms with van der Waals surface area (Å²) in [6.45, 7) is 0.298. The van der Waals surface area contributed by atoms with Crippen molar-refractivity contribution in [3.63, 3.8) is 0 Å². The quantitative estimate of drug-likeness (QED) is 0.400. The van der Waals surface area contributed by atoms with Crippen molar-refractivity contribution in [3.05, 3.63) is 75.6 Å². The van der Waals surface area contributed by atoms with Crippen LogP contribution in [0.15, 0.2) is 58.8 Å². The lowest BCUT2D eigenvalue weighted by Crippen LogP contribution is -2.27. The van der Waals surface area contributed by atoms with Crippen LogP contribution in [-0.4, -0.2) is 49.5 Å². The number of hydrogen-bond donors (Lipinski definition) is 1. The Morgan fingerprint density at radius 1 is 1.21 bits per heavy atom. The van der Waals surface area contributed by atoms with Crippen molar-refractivity contribution in [3.8, 4) is 0 Å². The van der Waals surface area contributed by atoms with Crippen LogP contribution in [0.5, 0.6) is 0 Å². The van der Waals surface area contributed by atoms with Gasteiger partial charge in [-0.25, -0.2) is 0 Å². The fraction of sp³-hybridized carbons (Fsp3) is 0.273. The Morgan fingerprint density at radius 2 is 1.91 bits per heavy atom. The van der Waals surface area contributed by atoms with E-state index in [0.29, 0.717) is 22.2 Å². The average molecular weight is 467 g/mol. The van der Waals surface area contributed by atoms with Crippen LogP contribution in [0.2, 0.25) is 0 Å². The molecule has 2 amide bonds. The number of nitrogens with zero attached hydrogens (tertiary/aromatic N) is 5. The number of amides is 2. The van der Waals surface area contributed by atoms with Gasteiger partial charge in [-0.3, -0.25) is 19.7 Å².